The number of urea groups is 1. The molecule has 3 aromatic heterocycles. The lowest BCUT2D eigenvalue weighted by Crippen LogP contribution is -2.19. The smallest absolute Gasteiger partial charge is 0.323 e. The van der Waals surface area contributed by atoms with Crippen molar-refractivity contribution in [2.45, 2.75) is 0 Å². The summed E-state index contributed by atoms with van der Waals surface area (Å²) in [5.41, 5.74) is 2.44. The van der Waals surface area contributed by atoms with E-state index in [0.717, 1.165) is 0 Å². The molecule has 0 aliphatic rings. The van der Waals surface area contributed by atoms with Crippen molar-refractivity contribution in [1.29, 1.82) is 0 Å². The monoisotopic (exact) mass is 406 g/mol. The topological polar surface area (TPSA) is 102 Å². The number of ketones is 1. The number of aryl methyl sites for hydroxylation is 1. The number of benzene rings is 1. The van der Waals surface area contributed by atoms with Gasteiger partial charge in [-0.25, -0.2) is 14.8 Å². The lowest BCUT2D eigenvalue weighted by atomic mass is 10.1. The first kappa shape index (κ1) is 18.6. The van der Waals surface area contributed by atoms with Gasteiger partial charge in [0.05, 0.1) is 17.4 Å². The van der Waals surface area contributed by atoms with Crippen molar-refractivity contribution in [1.82, 2.24) is 19.5 Å². The average molecular weight is 407 g/mol. The van der Waals surface area contributed by atoms with Gasteiger partial charge in [-0.2, -0.15) is 0 Å². The van der Waals surface area contributed by atoms with E-state index in [4.69, 9.17) is 11.6 Å². The summed E-state index contributed by atoms with van der Waals surface area (Å²) in [6, 6.07) is 7.82. The van der Waals surface area contributed by atoms with Crippen molar-refractivity contribution >= 4 is 45.8 Å². The third-order valence-corrected chi connectivity index (χ3v) is 4.50. The van der Waals surface area contributed by atoms with E-state index in [2.05, 4.69) is 25.6 Å². The molecule has 0 radical (unpaired) electrons. The Hall–Kier alpha value is -3.78. The van der Waals surface area contributed by atoms with Gasteiger partial charge in [-0.3, -0.25) is 9.78 Å². The van der Waals surface area contributed by atoms with E-state index >= 15 is 0 Å². The van der Waals surface area contributed by atoms with Gasteiger partial charge in [0.1, 0.15) is 12.0 Å². The van der Waals surface area contributed by atoms with E-state index in [1.54, 1.807) is 47.3 Å². The number of aromatic nitrogens is 4. The van der Waals surface area contributed by atoms with Gasteiger partial charge < -0.3 is 15.2 Å². The molecule has 144 valence electrons. The number of rotatable bonds is 4. The Labute approximate surface area is 170 Å². The fourth-order valence-electron chi connectivity index (χ4n) is 2.91. The molecule has 8 nitrogen and oxygen atoms in total. The van der Waals surface area contributed by atoms with Crippen molar-refractivity contribution in [2.75, 3.05) is 10.6 Å². The summed E-state index contributed by atoms with van der Waals surface area (Å²) in [5, 5.41) is 6.58. The molecule has 29 heavy (non-hydrogen) atoms. The SMILES string of the molecule is Cn1cc(C(=O)c2cncc(NC(=O)Nc3ccc(Cl)cc3)c2)c2cncnc21. The number of hydrogen-bond acceptors (Lipinski definition) is 5. The second-order valence-corrected chi connectivity index (χ2v) is 6.73. The van der Waals surface area contributed by atoms with Crippen LogP contribution in [0.3, 0.4) is 0 Å². The number of anilines is 2. The van der Waals surface area contributed by atoms with Gasteiger partial charge in [-0.15, -0.1) is 0 Å². The normalized spacial score (nSPS) is 10.7. The quantitative estimate of drug-likeness (QED) is 0.500. The van der Waals surface area contributed by atoms with Crippen LogP contribution in [-0.4, -0.2) is 31.3 Å². The van der Waals surface area contributed by atoms with Crippen LogP contribution < -0.4 is 10.6 Å². The number of carbonyl (C=O) groups is 2. The maximum atomic E-state index is 13.0. The number of hydrogen-bond donors (Lipinski definition) is 2. The van der Waals surface area contributed by atoms with Gasteiger partial charge in [0.25, 0.3) is 0 Å². The van der Waals surface area contributed by atoms with E-state index < -0.39 is 6.03 Å². The summed E-state index contributed by atoms with van der Waals surface area (Å²) in [6.45, 7) is 0. The van der Waals surface area contributed by atoms with Crippen molar-refractivity contribution in [3.63, 3.8) is 0 Å². The maximum Gasteiger partial charge on any atom is 0.323 e. The van der Waals surface area contributed by atoms with E-state index in [1.807, 2.05) is 7.05 Å². The van der Waals surface area contributed by atoms with Crippen LogP contribution in [0.25, 0.3) is 11.0 Å². The molecule has 0 spiro atoms. The van der Waals surface area contributed by atoms with Crippen LogP contribution >= 0.6 is 11.6 Å². The number of halogens is 1. The zero-order chi connectivity index (χ0) is 20.4. The summed E-state index contributed by atoms with van der Waals surface area (Å²) >= 11 is 5.84. The minimum Gasteiger partial charge on any atom is -0.335 e. The van der Waals surface area contributed by atoms with Crippen LogP contribution in [0.5, 0.6) is 0 Å². The molecule has 4 aromatic rings. The van der Waals surface area contributed by atoms with Crippen molar-refractivity contribution < 1.29 is 9.59 Å². The summed E-state index contributed by atoms with van der Waals surface area (Å²) in [7, 11) is 1.81. The first-order valence-corrected chi connectivity index (χ1v) is 8.97. The van der Waals surface area contributed by atoms with Crippen LogP contribution in [0.2, 0.25) is 5.02 Å². The molecule has 9 heteroatoms. The minimum absolute atomic E-state index is 0.236. The number of nitrogens with one attached hydrogen (secondary N) is 2. The highest BCUT2D eigenvalue weighted by Gasteiger charge is 2.17. The molecule has 0 aliphatic carbocycles. The second kappa shape index (κ2) is 7.69. The molecule has 4 rings (SSSR count). The Morgan fingerprint density at radius 3 is 2.55 bits per heavy atom. The molecule has 1 aromatic carbocycles. The Kier molecular flexibility index (Phi) is 4.92. The van der Waals surface area contributed by atoms with Crippen molar-refractivity contribution in [2.24, 2.45) is 7.05 Å². The highest BCUT2D eigenvalue weighted by Crippen LogP contribution is 2.22. The van der Waals surface area contributed by atoms with Crippen LogP contribution in [0.4, 0.5) is 16.2 Å². The number of pyridine rings is 1. The third kappa shape index (κ3) is 3.92. The predicted molar refractivity (Wildman–Crippen MR) is 110 cm³/mol. The van der Waals surface area contributed by atoms with Crippen molar-refractivity contribution in [3.05, 3.63) is 77.6 Å². The minimum atomic E-state index is -0.461. The first-order chi connectivity index (χ1) is 14.0. The molecule has 0 aliphatic heterocycles. The number of fused-ring (bicyclic) bond motifs is 1. The standard InChI is InChI=1S/C20H15ClN6O2/c1-27-10-17(16-9-23-11-24-19(16)27)18(28)12-6-15(8-22-7-12)26-20(29)25-14-4-2-13(21)3-5-14/h2-11H,1H3,(H2,25,26,29). The van der Waals surface area contributed by atoms with Gasteiger partial charge in [0.2, 0.25) is 0 Å². The molecule has 3 heterocycles. The maximum absolute atomic E-state index is 13.0. The van der Waals surface area contributed by atoms with Crippen molar-refractivity contribution in [3.8, 4) is 0 Å². The Morgan fingerprint density at radius 2 is 1.76 bits per heavy atom. The molecule has 0 atom stereocenters. The van der Waals surface area contributed by atoms with Crippen LogP contribution in [0.15, 0.2) is 61.4 Å². The molecule has 0 saturated heterocycles. The van der Waals surface area contributed by atoms with E-state index in [1.165, 1.54) is 18.7 Å². The Bertz CT molecular complexity index is 1220. The van der Waals surface area contributed by atoms with Crippen LogP contribution in [0.1, 0.15) is 15.9 Å². The molecule has 0 saturated carbocycles. The molecule has 2 amide bonds. The number of nitrogens with zero attached hydrogens (tertiary/aromatic N) is 4. The van der Waals surface area contributed by atoms with Crippen LogP contribution in [0, 0.1) is 0 Å². The van der Waals surface area contributed by atoms with Gasteiger partial charge in [-0.1, -0.05) is 11.6 Å². The van der Waals surface area contributed by atoms with Gasteiger partial charge in [0, 0.05) is 47.3 Å². The average Bonchev–Trinajstić information content (AvgIpc) is 3.06. The lowest BCUT2D eigenvalue weighted by molar-refractivity contribution is 0.103. The fourth-order valence-corrected chi connectivity index (χ4v) is 3.04. The zero-order valence-corrected chi connectivity index (χ0v) is 16.0. The second-order valence-electron chi connectivity index (χ2n) is 6.29. The zero-order valence-electron chi connectivity index (χ0n) is 15.3. The molecular weight excluding hydrogens is 392 g/mol. The Balaban J connectivity index is 1.54. The summed E-state index contributed by atoms with van der Waals surface area (Å²) in [5.74, 6) is -0.236. The summed E-state index contributed by atoms with van der Waals surface area (Å²) in [6.07, 6.45) is 7.65. The van der Waals surface area contributed by atoms with Crippen LogP contribution in [-0.2, 0) is 7.05 Å². The largest absolute Gasteiger partial charge is 0.335 e. The molecule has 0 unspecified atom stereocenters. The number of carbonyl (C=O) groups excluding carboxylic acids is 2. The third-order valence-electron chi connectivity index (χ3n) is 4.24. The molecular formula is C20H15ClN6O2. The van der Waals surface area contributed by atoms with Gasteiger partial charge in [-0.05, 0) is 30.3 Å². The molecule has 2 N–H and O–H groups in total. The lowest BCUT2D eigenvalue weighted by Gasteiger charge is -2.08. The van der Waals surface area contributed by atoms with E-state index in [0.29, 0.717) is 38.6 Å². The Morgan fingerprint density at radius 1 is 1.00 bits per heavy atom. The molecule has 0 bridgehead atoms. The fraction of sp³-hybridized carbons (Fsp3) is 0.0500. The van der Waals surface area contributed by atoms with E-state index in [9.17, 15) is 9.59 Å². The van der Waals surface area contributed by atoms with Gasteiger partial charge >= 0.3 is 6.03 Å². The van der Waals surface area contributed by atoms with Gasteiger partial charge in [0.15, 0.2) is 5.78 Å². The highest BCUT2D eigenvalue weighted by atomic mass is 35.5. The summed E-state index contributed by atoms with van der Waals surface area (Å²) in [4.78, 5) is 37.5. The molecule has 0 fully saturated rings. The first-order valence-electron chi connectivity index (χ1n) is 8.59. The van der Waals surface area contributed by atoms with E-state index in [-0.39, 0.29) is 5.78 Å². The highest BCUT2D eigenvalue weighted by molar-refractivity contribution is 6.30. The number of amides is 2. The summed E-state index contributed by atoms with van der Waals surface area (Å²) < 4.78 is 1.76. The predicted octanol–water partition coefficient (Wildman–Crippen LogP) is 3.89.